The molecule has 0 fully saturated rings. The van der Waals surface area contributed by atoms with Crippen LogP contribution in [0.4, 0.5) is 31.8 Å². The summed E-state index contributed by atoms with van der Waals surface area (Å²) in [6.07, 6.45) is 0. The molecule has 0 aliphatic rings. The quantitative estimate of drug-likeness (QED) is 0.582. The lowest BCUT2D eigenvalue weighted by Crippen LogP contribution is -2.12. The van der Waals surface area contributed by atoms with Gasteiger partial charge in [0.15, 0.2) is 0 Å². The van der Waals surface area contributed by atoms with E-state index in [1.165, 1.54) is 25.1 Å². The van der Waals surface area contributed by atoms with Crippen molar-refractivity contribution < 1.29 is 18.4 Å². The summed E-state index contributed by atoms with van der Waals surface area (Å²) in [6.45, 7) is 1.38. The van der Waals surface area contributed by atoms with E-state index >= 15 is 0 Å². The van der Waals surface area contributed by atoms with Crippen LogP contribution in [0.1, 0.15) is 22.8 Å². The van der Waals surface area contributed by atoms with Crippen LogP contribution in [-0.2, 0) is 4.79 Å². The minimum atomic E-state index is -0.976. The van der Waals surface area contributed by atoms with Gasteiger partial charge in [-0.25, -0.2) is 13.8 Å². The van der Waals surface area contributed by atoms with E-state index in [-0.39, 0.29) is 17.3 Å². The van der Waals surface area contributed by atoms with E-state index in [4.69, 9.17) is 5.73 Å². The Labute approximate surface area is 159 Å². The third kappa shape index (κ3) is 3.96. The van der Waals surface area contributed by atoms with E-state index < -0.39 is 23.0 Å². The maximum atomic E-state index is 13.9. The average Bonchev–Trinajstić information content (AvgIpc) is 2.63. The number of nitrogens with zero attached hydrogens (tertiary/aromatic N) is 1. The molecule has 0 radical (unpaired) electrons. The van der Waals surface area contributed by atoms with Crippen LogP contribution in [0.5, 0.6) is 0 Å². The van der Waals surface area contributed by atoms with Crippen molar-refractivity contribution in [3.8, 4) is 0 Å². The topological polar surface area (TPSA) is 97.1 Å². The zero-order chi connectivity index (χ0) is 20.3. The number of hydrogen-bond donors (Lipinski definition) is 3. The lowest BCUT2D eigenvalue weighted by atomic mass is 10.0. The van der Waals surface area contributed by atoms with Crippen molar-refractivity contribution in [3.63, 3.8) is 0 Å². The molecule has 6 nitrogen and oxygen atoms in total. The summed E-state index contributed by atoms with van der Waals surface area (Å²) in [5, 5.41) is 5.66. The Kier molecular flexibility index (Phi) is 5.30. The van der Waals surface area contributed by atoms with Gasteiger partial charge in [0.05, 0.1) is 22.5 Å². The van der Waals surface area contributed by atoms with Crippen LogP contribution >= 0.6 is 0 Å². The Morgan fingerprint density at radius 2 is 1.57 bits per heavy atom. The molecular weight excluding hydrogens is 366 g/mol. The molecule has 1 heterocycles. The summed E-state index contributed by atoms with van der Waals surface area (Å²) < 4.78 is 27.7. The van der Waals surface area contributed by atoms with Crippen molar-refractivity contribution in [2.24, 2.45) is 0 Å². The number of carbonyl (C=O) groups is 2. The van der Waals surface area contributed by atoms with Crippen molar-refractivity contribution in [3.05, 3.63) is 77.4 Å². The van der Waals surface area contributed by atoms with E-state index in [0.29, 0.717) is 17.2 Å². The highest BCUT2D eigenvalue weighted by molar-refractivity contribution is 6.12. The van der Waals surface area contributed by atoms with Crippen molar-refractivity contribution in [2.45, 2.75) is 6.92 Å². The normalized spacial score (nSPS) is 10.4. The van der Waals surface area contributed by atoms with Crippen LogP contribution in [0.2, 0.25) is 0 Å². The smallest absolute Gasteiger partial charge is 0.221 e. The molecule has 4 N–H and O–H groups in total. The van der Waals surface area contributed by atoms with Crippen LogP contribution in [0.3, 0.4) is 0 Å². The fourth-order valence-corrected chi connectivity index (χ4v) is 2.61. The van der Waals surface area contributed by atoms with Gasteiger partial charge in [0.2, 0.25) is 11.7 Å². The summed E-state index contributed by atoms with van der Waals surface area (Å²) >= 11 is 0. The third-order valence-electron chi connectivity index (χ3n) is 3.86. The molecule has 1 aromatic heterocycles. The Morgan fingerprint density at radius 3 is 2.18 bits per heavy atom. The lowest BCUT2D eigenvalue weighted by Gasteiger charge is -2.13. The monoisotopic (exact) mass is 382 g/mol. The highest BCUT2D eigenvalue weighted by Crippen LogP contribution is 2.26. The first-order valence-corrected chi connectivity index (χ1v) is 8.25. The van der Waals surface area contributed by atoms with Crippen molar-refractivity contribution in [2.75, 3.05) is 16.4 Å². The molecule has 0 unspecified atom stereocenters. The van der Waals surface area contributed by atoms with Gasteiger partial charge in [-0.15, -0.1) is 0 Å². The molecule has 1 amide bonds. The molecule has 0 aliphatic heterocycles. The fraction of sp³-hybridized carbons (Fsp3) is 0.0500. The Morgan fingerprint density at radius 1 is 0.929 bits per heavy atom. The average molecular weight is 382 g/mol. The third-order valence-corrected chi connectivity index (χ3v) is 3.86. The number of nitrogen functional groups attached to an aromatic ring is 1. The number of halogens is 2. The van der Waals surface area contributed by atoms with E-state index in [0.717, 1.165) is 12.1 Å². The van der Waals surface area contributed by atoms with Gasteiger partial charge in [0.1, 0.15) is 23.3 Å². The fourth-order valence-electron chi connectivity index (χ4n) is 2.61. The molecule has 2 aromatic carbocycles. The molecule has 0 saturated heterocycles. The second-order valence-electron chi connectivity index (χ2n) is 5.91. The number of ketones is 1. The van der Waals surface area contributed by atoms with Gasteiger partial charge in [-0.2, -0.15) is 0 Å². The minimum Gasteiger partial charge on any atom is -0.383 e. The number of hydrogen-bond acceptors (Lipinski definition) is 5. The molecule has 28 heavy (non-hydrogen) atoms. The second kappa shape index (κ2) is 7.83. The zero-order valence-electron chi connectivity index (χ0n) is 14.8. The minimum absolute atomic E-state index is 0.121. The van der Waals surface area contributed by atoms with Gasteiger partial charge >= 0.3 is 0 Å². The maximum absolute atomic E-state index is 13.9. The number of benzene rings is 2. The summed E-state index contributed by atoms with van der Waals surface area (Å²) in [6, 6.07) is 12.9. The van der Waals surface area contributed by atoms with Crippen molar-refractivity contribution in [1.82, 2.24) is 4.98 Å². The number of anilines is 4. The number of para-hydroxylation sites is 2. The van der Waals surface area contributed by atoms with Gasteiger partial charge in [0, 0.05) is 6.92 Å². The lowest BCUT2D eigenvalue weighted by molar-refractivity contribution is -0.114. The number of aromatic nitrogens is 1. The molecule has 3 rings (SSSR count). The van der Waals surface area contributed by atoms with Crippen molar-refractivity contribution >= 4 is 34.7 Å². The second-order valence-corrected chi connectivity index (χ2v) is 5.91. The molecule has 142 valence electrons. The van der Waals surface area contributed by atoms with Gasteiger partial charge in [-0.3, -0.25) is 9.59 Å². The zero-order valence-corrected chi connectivity index (χ0v) is 14.8. The summed E-state index contributed by atoms with van der Waals surface area (Å²) in [4.78, 5) is 27.9. The van der Waals surface area contributed by atoms with Gasteiger partial charge < -0.3 is 16.4 Å². The number of pyridine rings is 1. The van der Waals surface area contributed by atoms with E-state index in [9.17, 15) is 18.4 Å². The molecule has 8 heteroatoms. The van der Waals surface area contributed by atoms with E-state index in [1.807, 2.05) is 0 Å². The Hall–Kier alpha value is -3.81. The predicted octanol–water partition coefficient (Wildman–Crippen LogP) is 3.88. The highest BCUT2D eigenvalue weighted by Gasteiger charge is 2.21. The SMILES string of the molecule is CC(=O)Nc1ccccc1Nc1ccc(C(=O)c2c(F)cccc2F)c(N)n1. The van der Waals surface area contributed by atoms with Crippen molar-refractivity contribution in [1.29, 1.82) is 0 Å². The Bertz CT molecular complexity index is 1050. The molecule has 0 spiro atoms. The molecular formula is C20H16F2N4O2. The van der Waals surface area contributed by atoms with Crippen LogP contribution in [0.25, 0.3) is 0 Å². The summed E-state index contributed by atoms with van der Waals surface area (Å²) in [5.41, 5.74) is 6.13. The number of nitrogens with two attached hydrogens (primary N) is 1. The maximum Gasteiger partial charge on any atom is 0.221 e. The summed E-state index contributed by atoms with van der Waals surface area (Å²) in [5.74, 6) is -2.98. The first-order chi connectivity index (χ1) is 13.4. The van der Waals surface area contributed by atoms with Gasteiger partial charge in [0.25, 0.3) is 0 Å². The number of carbonyl (C=O) groups excluding carboxylic acids is 2. The van der Waals surface area contributed by atoms with E-state index in [1.54, 1.807) is 24.3 Å². The molecule has 0 bridgehead atoms. The van der Waals surface area contributed by atoms with Crippen LogP contribution in [-0.4, -0.2) is 16.7 Å². The van der Waals surface area contributed by atoms with Gasteiger partial charge in [-0.05, 0) is 36.4 Å². The Balaban J connectivity index is 1.90. The first kappa shape index (κ1) is 19.0. The van der Waals surface area contributed by atoms with Crippen LogP contribution in [0, 0.1) is 11.6 Å². The molecule has 0 atom stereocenters. The largest absolute Gasteiger partial charge is 0.383 e. The standard InChI is InChI=1S/C20H16F2N4O2/c1-11(27)24-15-7-2-3-8-16(15)25-17-10-9-12(20(23)26-17)19(28)18-13(21)5-4-6-14(18)22/h2-10H,1H3,(H,24,27)(H3,23,25,26). The first-order valence-electron chi connectivity index (χ1n) is 8.25. The summed E-state index contributed by atoms with van der Waals surface area (Å²) in [7, 11) is 0. The predicted molar refractivity (Wildman–Crippen MR) is 102 cm³/mol. The number of rotatable bonds is 5. The molecule has 0 saturated carbocycles. The molecule has 0 aliphatic carbocycles. The highest BCUT2D eigenvalue weighted by atomic mass is 19.1. The van der Waals surface area contributed by atoms with E-state index in [2.05, 4.69) is 15.6 Å². The van der Waals surface area contributed by atoms with Gasteiger partial charge in [-0.1, -0.05) is 18.2 Å². The van der Waals surface area contributed by atoms with Crippen LogP contribution < -0.4 is 16.4 Å². The number of amides is 1. The number of nitrogens with one attached hydrogen (secondary N) is 2. The molecule has 3 aromatic rings. The van der Waals surface area contributed by atoms with Crippen LogP contribution in [0.15, 0.2) is 54.6 Å².